The van der Waals surface area contributed by atoms with Gasteiger partial charge in [-0.05, 0) is 17.7 Å². The second-order valence-electron chi connectivity index (χ2n) is 3.69. The number of halogens is 2. The molecule has 0 unspecified atom stereocenters. The molecule has 0 saturated carbocycles. The van der Waals surface area contributed by atoms with Crippen LogP contribution in [-0.2, 0) is 0 Å². The van der Waals surface area contributed by atoms with Gasteiger partial charge in [0.1, 0.15) is 0 Å². The summed E-state index contributed by atoms with van der Waals surface area (Å²) < 4.78 is 0. The molecule has 104 valence electrons. The number of benzene rings is 1. The van der Waals surface area contributed by atoms with Crippen molar-refractivity contribution in [1.29, 1.82) is 0 Å². The van der Waals surface area contributed by atoms with E-state index in [2.05, 4.69) is 15.4 Å². The molecule has 0 aromatic heterocycles. The molecule has 0 saturated heterocycles. The third kappa shape index (κ3) is 5.81. The molecule has 0 radical (unpaired) electrons. The fourth-order valence-corrected chi connectivity index (χ4v) is 1.92. The van der Waals surface area contributed by atoms with E-state index in [4.69, 9.17) is 28.9 Å². The number of hydrazone groups is 1. The van der Waals surface area contributed by atoms with Crippen molar-refractivity contribution in [1.82, 2.24) is 5.43 Å². The number of urea groups is 1. The summed E-state index contributed by atoms with van der Waals surface area (Å²) in [6.45, 7) is 1.48. The van der Waals surface area contributed by atoms with E-state index in [0.29, 0.717) is 11.8 Å². The van der Waals surface area contributed by atoms with E-state index in [0.717, 1.165) is 24.3 Å². The maximum absolute atomic E-state index is 10.4. The summed E-state index contributed by atoms with van der Waals surface area (Å²) in [5.41, 5.74) is 8.93. The lowest BCUT2D eigenvalue weighted by Crippen LogP contribution is -2.27. The molecule has 0 spiro atoms. The number of hydrogen-bond donors (Lipinski definition) is 2. The van der Waals surface area contributed by atoms with E-state index in [-0.39, 0.29) is 0 Å². The average molecular weight is 303 g/mol. The second kappa shape index (κ2) is 8.61. The van der Waals surface area contributed by atoms with Crippen LogP contribution in [0.25, 0.3) is 0 Å². The zero-order valence-electron chi connectivity index (χ0n) is 10.4. The van der Waals surface area contributed by atoms with Crippen molar-refractivity contribution < 1.29 is 4.79 Å². The number of amides is 2. The summed E-state index contributed by atoms with van der Waals surface area (Å²) >= 11 is 11.5. The van der Waals surface area contributed by atoms with Crippen molar-refractivity contribution in [2.75, 3.05) is 29.7 Å². The molecule has 0 aliphatic carbocycles. The van der Waals surface area contributed by atoms with Gasteiger partial charge in [0.15, 0.2) is 0 Å². The Morgan fingerprint density at radius 1 is 1.26 bits per heavy atom. The van der Waals surface area contributed by atoms with Gasteiger partial charge in [0, 0.05) is 30.5 Å². The van der Waals surface area contributed by atoms with Gasteiger partial charge in [-0.1, -0.05) is 12.1 Å². The van der Waals surface area contributed by atoms with Crippen LogP contribution in [-0.4, -0.2) is 37.1 Å². The van der Waals surface area contributed by atoms with Crippen LogP contribution in [0.3, 0.4) is 0 Å². The van der Waals surface area contributed by atoms with Crippen molar-refractivity contribution in [2.24, 2.45) is 10.8 Å². The average Bonchev–Trinajstić information content (AvgIpc) is 2.39. The van der Waals surface area contributed by atoms with Crippen LogP contribution in [0.1, 0.15) is 5.56 Å². The first kappa shape index (κ1) is 15.6. The minimum Gasteiger partial charge on any atom is -0.369 e. The smallest absolute Gasteiger partial charge is 0.332 e. The minimum atomic E-state index is -0.691. The molecule has 0 fully saturated rings. The first-order valence-corrected chi connectivity index (χ1v) is 6.79. The van der Waals surface area contributed by atoms with Gasteiger partial charge in [-0.2, -0.15) is 5.10 Å². The lowest BCUT2D eigenvalue weighted by molar-refractivity contribution is 0.249. The maximum Gasteiger partial charge on any atom is 0.332 e. The molecule has 19 heavy (non-hydrogen) atoms. The Kier molecular flexibility index (Phi) is 7.07. The van der Waals surface area contributed by atoms with Crippen LogP contribution in [0.5, 0.6) is 0 Å². The van der Waals surface area contributed by atoms with Crippen LogP contribution in [0.2, 0.25) is 0 Å². The first-order chi connectivity index (χ1) is 9.17. The van der Waals surface area contributed by atoms with Crippen molar-refractivity contribution >= 4 is 41.1 Å². The molecule has 0 aliphatic heterocycles. The van der Waals surface area contributed by atoms with Crippen molar-refractivity contribution in [2.45, 2.75) is 0 Å². The van der Waals surface area contributed by atoms with E-state index in [1.807, 2.05) is 24.3 Å². The Hall–Kier alpha value is -1.46. The van der Waals surface area contributed by atoms with Crippen LogP contribution in [0, 0.1) is 0 Å². The summed E-state index contributed by atoms with van der Waals surface area (Å²) in [6, 6.07) is 6.98. The number of rotatable bonds is 7. The second-order valence-corrected chi connectivity index (χ2v) is 4.45. The number of primary amides is 1. The zero-order chi connectivity index (χ0) is 14.1. The predicted molar refractivity (Wildman–Crippen MR) is 80.4 cm³/mol. The van der Waals surface area contributed by atoms with E-state index in [1.165, 1.54) is 6.21 Å². The van der Waals surface area contributed by atoms with Gasteiger partial charge in [-0.3, -0.25) is 0 Å². The summed E-state index contributed by atoms with van der Waals surface area (Å²) in [5.74, 6) is 1.09. The van der Waals surface area contributed by atoms with E-state index in [1.54, 1.807) is 0 Å². The molecule has 1 aromatic rings. The van der Waals surface area contributed by atoms with Gasteiger partial charge in [-0.15, -0.1) is 23.2 Å². The molecule has 2 amide bonds. The largest absolute Gasteiger partial charge is 0.369 e. The summed E-state index contributed by atoms with van der Waals surface area (Å²) in [5, 5.41) is 3.68. The van der Waals surface area contributed by atoms with Gasteiger partial charge in [0.05, 0.1) is 6.21 Å². The Bertz CT molecular complexity index is 416. The lowest BCUT2D eigenvalue weighted by Gasteiger charge is -2.22. The van der Waals surface area contributed by atoms with E-state index in [9.17, 15) is 4.79 Å². The molecule has 1 aromatic carbocycles. The van der Waals surface area contributed by atoms with Crippen LogP contribution < -0.4 is 16.1 Å². The van der Waals surface area contributed by atoms with Crippen LogP contribution in [0.15, 0.2) is 29.4 Å². The van der Waals surface area contributed by atoms with E-state index >= 15 is 0 Å². The number of carbonyl (C=O) groups excluding carboxylic acids is 1. The Labute approximate surface area is 122 Å². The highest BCUT2D eigenvalue weighted by atomic mass is 35.5. The number of hydrogen-bond acceptors (Lipinski definition) is 3. The normalized spacial score (nSPS) is 10.6. The fraction of sp³-hybridized carbons (Fsp3) is 0.333. The Morgan fingerprint density at radius 3 is 2.32 bits per heavy atom. The molecule has 1 rings (SSSR count). The maximum atomic E-state index is 10.4. The Balaban J connectivity index is 2.68. The van der Waals surface area contributed by atoms with Gasteiger partial charge in [0.25, 0.3) is 0 Å². The highest BCUT2D eigenvalue weighted by Crippen LogP contribution is 2.14. The number of nitrogens with one attached hydrogen (secondary N) is 1. The number of carbonyl (C=O) groups is 1. The molecule has 0 heterocycles. The molecule has 5 nitrogen and oxygen atoms in total. The summed E-state index contributed by atoms with van der Waals surface area (Å²) in [6.07, 6.45) is 1.52. The van der Waals surface area contributed by atoms with Crippen LogP contribution >= 0.6 is 23.2 Å². The molecule has 7 heteroatoms. The number of nitrogens with two attached hydrogens (primary N) is 1. The van der Waals surface area contributed by atoms with E-state index < -0.39 is 6.03 Å². The van der Waals surface area contributed by atoms with Crippen LogP contribution in [0.4, 0.5) is 10.5 Å². The van der Waals surface area contributed by atoms with Crippen molar-refractivity contribution in [3.05, 3.63) is 29.8 Å². The topological polar surface area (TPSA) is 70.7 Å². The minimum absolute atomic E-state index is 0.544. The lowest BCUT2D eigenvalue weighted by atomic mass is 10.2. The Morgan fingerprint density at radius 2 is 1.84 bits per heavy atom. The third-order valence-corrected chi connectivity index (χ3v) is 2.69. The van der Waals surface area contributed by atoms with Gasteiger partial charge < -0.3 is 10.6 Å². The monoisotopic (exact) mass is 302 g/mol. The zero-order valence-corrected chi connectivity index (χ0v) is 11.9. The highest BCUT2D eigenvalue weighted by molar-refractivity contribution is 6.18. The third-order valence-electron chi connectivity index (χ3n) is 2.36. The van der Waals surface area contributed by atoms with Gasteiger partial charge in [-0.25, -0.2) is 10.2 Å². The molecular weight excluding hydrogens is 287 g/mol. The highest BCUT2D eigenvalue weighted by Gasteiger charge is 2.04. The number of alkyl halides is 2. The fourth-order valence-electron chi connectivity index (χ4n) is 1.52. The molecule has 0 bridgehead atoms. The van der Waals surface area contributed by atoms with Gasteiger partial charge >= 0.3 is 6.03 Å². The SMILES string of the molecule is NC(=O)N/N=C/c1ccc(N(CCCl)CCCl)cc1. The molecule has 0 aliphatic rings. The molecule has 0 atom stereocenters. The van der Waals surface area contributed by atoms with Crippen molar-refractivity contribution in [3.63, 3.8) is 0 Å². The number of anilines is 1. The predicted octanol–water partition coefficient (Wildman–Crippen LogP) is 1.97. The summed E-state index contributed by atoms with van der Waals surface area (Å²) in [7, 11) is 0. The first-order valence-electron chi connectivity index (χ1n) is 5.73. The van der Waals surface area contributed by atoms with Crippen molar-refractivity contribution in [3.8, 4) is 0 Å². The standard InChI is InChI=1S/C12H16Cl2N4O/c13-5-7-18(8-6-14)11-3-1-10(2-4-11)9-16-17-12(15)19/h1-4,9H,5-8H2,(H3,15,17,19)/b16-9+. The number of nitrogens with zero attached hydrogens (tertiary/aromatic N) is 2. The quantitative estimate of drug-likeness (QED) is 0.459. The summed E-state index contributed by atoms with van der Waals surface area (Å²) in [4.78, 5) is 12.5. The molecule has 3 N–H and O–H groups in total. The van der Waals surface area contributed by atoms with Gasteiger partial charge in [0.2, 0.25) is 0 Å². The molecular formula is C12H16Cl2N4O.